The zero-order valence-corrected chi connectivity index (χ0v) is 14.4. The van der Waals surface area contributed by atoms with E-state index < -0.39 is 12.0 Å². The first-order valence-corrected chi connectivity index (χ1v) is 8.19. The summed E-state index contributed by atoms with van der Waals surface area (Å²) in [4.78, 5) is 16.6. The topological polar surface area (TPSA) is 77.2 Å². The highest BCUT2D eigenvalue weighted by atomic mass is 19.1. The van der Waals surface area contributed by atoms with Crippen molar-refractivity contribution in [2.45, 2.75) is 26.4 Å². The zero-order chi connectivity index (χ0) is 18.5. The van der Waals surface area contributed by atoms with Crippen LogP contribution in [0.1, 0.15) is 18.9 Å². The number of carbonyl (C=O) groups is 1. The fourth-order valence-electron chi connectivity index (χ4n) is 2.36. The van der Waals surface area contributed by atoms with Crippen LogP contribution in [0.4, 0.5) is 10.3 Å². The summed E-state index contributed by atoms with van der Waals surface area (Å²) in [5, 5.41) is 6.35. The van der Waals surface area contributed by atoms with Crippen molar-refractivity contribution in [1.29, 1.82) is 0 Å². The number of hydrogen-bond acceptors (Lipinski definition) is 5. The fourth-order valence-corrected chi connectivity index (χ4v) is 2.36. The molecule has 3 aromatic rings. The van der Waals surface area contributed by atoms with Crippen molar-refractivity contribution in [3.8, 4) is 17.2 Å². The fraction of sp³-hybridized carbons (Fsp3) is 0.211. The standard InChI is InChI=1S/C19H18FN3O3/c1-3-16(25-15-9-7-14(20)8-10-15)17(24)21-19-22-18(26-23-19)13-6-4-5-12(2)11-13/h4-11,16H,3H2,1-2H3,(H,21,23,24)/t16-/m1/s1. The SMILES string of the molecule is CC[C@@H](Oc1ccc(F)cc1)C(=O)Nc1noc(-c2cccc(C)c2)n1. The van der Waals surface area contributed by atoms with Gasteiger partial charge in [-0.2, -0.15) is 4.98 Å². The lowest BCUT2D eigenvalue weighted by Crippen LogP contribution is -2.32. The number of nitrogens with one attached hydrogen (secondary N) is 1. The average Bonchev–Trinajstić information content (AvgIpc) is 3.09. The highest BCUT2D eigenvalue weighted by Gasteiger charge is 2.21. The Hall–Kier alpha value is -3.22. The summed E-state index contributed by atoms with van der Waals surface area (Å²) in [6.45, 7) is 3.77. The number of carbonyl (C=O) groups excluding carboxylic acids is 1. The van der Waals surface area contributed by atoms with Gasteiger partial charge >= 0.3 is 0 Å². The van der Waals surface area contributed by atoms with Crippen LogP contribution in [0.15, 0.2) is 53.1 Å². The number of aryl methyl sites for hydroxylation is 1. The van der Waals surface area contributed by atoms with Crippen molar-refractivity contribution in [2.75, 3.05) is 5.32 Å². The van der Waals surface area contributed by atoms with Gasteiger partial charge in [0.05, 0.1) is 0 Å². The molecule has 1 N–H and O–H groups in total. The number of rotatable bonds is 6. The zero-order valence-electron chi connectivity index (χ0n) is 14.4. The molecule has 1 amide bonds. The highest BCUT2D eigenvalue weighted by Crippen LogP contribution is 2.20. The van der Waals surface area contributed by atoms with Gasteiger partial charge in [-0.05, 0) is 54.9 Å². The van der Waals surface area contributed by atoms with Crippen molar-refractivity contribution >= 4 is 11.9 Å². The number of anilines is 1. The molecule has 0 saturated heterocycles. The number of aromatic nitrogens is 2. The van der Waals surface area contributed by atoms with Crippen LogP contribution < -0.4 is 10.1 Å². The number of nitrogens with zero attached hydrogens (tertiary/aromatic N) is 2. The molecule has 0 aliphatic rings. The van der Waals surface area contributed by atoms with E-state index in [-0.39, 0.29) is 11.8 Å². The van der Waals surface area contributed by atoms with Gasteiger partial charge in [-0.15, -0.1) is 0 Å². The molecule has 0 radical (unpaired) electrons. The number of ether oxygens (including phenoxy) is 1. The van der Waals surface area contributed by atoms with E-state index in [4.69, 9.17) is 9.26 Å². The maximum atomic E-state index is 13.0. The minimum Gasteiger partial charge on any atom is -0.481 e. The molecule has 0 aliphatic heterocycles. The van der Waals surface area contributed by atoms with E-state index in [0.717, 1.165) is 11.1 Å². The molecule has 26 heavy (non-hydrogen) atoms. The average molecular weight is 355 g/mol. The molecule has 6 nitrogen and oxygen atoms in total. The molecule has 0 unspecified atom stereocenters. The first kappa shape index (κ1) is 17.6. The Morgan fingerprint density at radius 1 is 1.27 bits per heavy atom. The van der Waals surface area contributed by atoms with Gasteiger partial charge in [0.2, 0.25) is 0 Å². The van der Waals surface area contributed by atoms with Gasteiger partial charge in [0.25, 0.3) is 17.7 Å². The van der Waals surface area contributed by atoms with Crippen LogP contribution in [0.5, 0.6) is 5.75 Å². The largest absolute Gasteiger partial charge is 0.481 e. The molecular weight excluding hydrogens is 337 g/mol. The molecule has 7 heteroatoms. The second-order valence-electron chi connectivity index (χ2n) is 5.75. The van der Waals surface area contributed by atoms with Gasteiger partial charge in [-0.3, -0.25) is 10.1 Å². The molecule has 0 bridgehead atoms. The van der Waals surface area contributed by atoms with Crippen LogP contribution in [-0.4, -0.2) is 22.2 Å². The maximum Gasteiger partial charge on any atom is 0.270 e. The predicted octanol–water partition coefficient (Wildman–Crippen LogP) is 3.98. The van der Waals surface area contributed by atoms with Crippen LogP contribution in [0, 0.1) is 12.7 Å². The minimum atomic E-state index is -0.763. The smallest absolute Gasteiger partial charge is 0.270 e. The van der Waals surface area contributed by atoms with E-state index in [0.29, 0.717) is 18.1 Å². The van der Waals surface area contributed by atoms with Crippen molar-refractivity contribution in [3.05, 3.63) is 59.9 Å². The third-order valence-corrected chi connectivity index (χ3v) is 3.68. The molecule has 1 heterocycles. The summed E-state index contributed by atoms with van der Waals surface area (Å²) in [6.07, 6.45) is -0.340. The molecule has 0 fully saturated rings. The van der Waals surface area contributed by atoms with E-state index in [1.165, 1.54) is 24.3 Å². The highest BCUT2D eigenvalue weighted by molar-refractivity contribution is 5.92. The van der Waals surface area contributed by atoms with Crippen molar-refractivity contribution in [1.82, 2.24) is 10.1 Å². The van der Waals surface area contributed by atoms with E-state index >= 15 is 0 Å². The van der Waals surface area contributed by atoms with Crippen molar-refractivity contribution in [3.63, 3.8) is 0 Å². The van der Waals surface area contributed by atoms with Gasteiger partial charge in [0.1, 0.15) is 11.6 Å². The van der Waals surface area contributed by atoms with E-state index in [9.17, 15) is 9.18 Å². The molecule has 0 spiro atoms. The number of hydrogen-bond donors (Lipinski definition) is 1. The quantitative estimate of drug-likeness (QED) is 0.724. The van der Waals surface area contributed by atoms with E-state index in [2.05, 4.69) is 15.5 Å². The molecule has 3 rings (SSSR count). The van der Waals surface area contributed by atoms with E-state index in [1.807, 2.05) is 38.1 Å². The molecule has 1 atom stereocenters. The third kappa shape index (κ3) is 4.24. The summed E-state index contributed by atoms with van der Waals surface area (Å²) in [7, 11) is 0. The second kappa shape index (κ2) is 7.77. The van der Waals surface area contributed by atoms with Gasteiger partial charge in [-0.1, -0.05) is 24.6 Å². The lowest BCUT2D eigenvalue weighted by Gasteiger charge is -2.15. The lowest BCUT2D eigenvalue weighted by molar-refractivity contribution is -0.122. The lowest BCUT2D eigenvalue weighted by atomic mass is 10.1. The Balaban J connectivity index is 1.67. The molecule has 0 aliphatic carbocycles. The van der Waals surface area contributed by atoms with Crippen LogP contribution >= 0.6 is 0 Å². The summed E-state index contributed by atoms with van der Waals surface area (Å²) in [5.41, 5.74) is 1.83. The monoisotopic (exact) mass is 355 g/mol. The molecule has 2 aromatic carbocycles. The van der Waals surface area contributed by atoms with Gasteiger partial charge in [0, 0.05) is 5.56 Å². The predicted molar refractivity (Wildman–Crippen MR) is 94.2 cm³/mol. The molecular formula is C19H18FN3O3. The van der Waals surface area contributed by atoms with Crippen molar-refractivity contribution < 1.29 is 18.4 Å². The Labute approximate surface area is 150 Å². The molecule has 134 valence electrons. The number of amides is 1. The van der Waals surface area contributed by atoms with Crippen LogP contribution in [0.3, 0.4) is 0 Å². The number of halogens is 1. The Morgan fingerprint density at radius 2 is 2.04 bits per heavy atom. The minimum absolute atomic E-state index is 0.0627. The Bertz CT molecular complexity index is 893. The molecule has 0 saturated carbocycles. The van der Waals surface area contributed by atoms with Gasteiger partial charge in [-0.25, -0.2) is 4.39 Å². The van der Waals surface area contributed by atoms with Gasteiger partial charge < -0.3 is 9.26 Å². The summed E-state index contributed by atoms with van der Waals surface area (Å²) < 4.78 is 23.7. The summed E-state index contributed by atoms with van der Waals surface area (Å²) >= 11 is 0. The van der Waals surface area contributed by atoms with Crippen molar-refractivity contribution in [2.24, 2.45) is 0 Å². The Kier molecular flexibility index (Phi) is 5.26. The molecule has 1 aromatic heterocycles. The Morgan fingerprint density at radius 3 is 2.73 bits per heavy atom. The first-order valence-electron chi connectivity index (χ1n) is 8.19. The van der Waals surface area contributed by atoms with Crippen LogP contribution in [-0.2, 0) is 4.79 Å². The number of benzene rings is 2. The van der Waals surface area contributed by atoms with E-state index in [1.54, 1.807) is 0 Å². The first-order chi connectivity index (χ1) is 12.5. The van der Waals surface area contributed by atoms with Crippen LogP contribution in [0.2, 0.25) is 0 Å². The normalized spacial score (nSPS) is 11.8. The maximum absolute atomic E-state index is 13.0. The third-order valence-electron chi connectivity index (χ3n) is 3.68. The second-order valence-corrected chi connectivity index (χ2v) is 5.75. The van der Waals surface area contributed by atoms with Crippen LogP contribution in [0.25, 0.3) is 11.5 Å². The summed E-state index contributed by atoms with van der Waals surface area (Å²) in [6, 6.07) is 13.1. The summed E-state index contributed by atoms with van der Waals surface area (Å²) in [5.74, 6) is 0.00451. The van der Waals surface area contributed by atoms with Gasteiger partial charge in [0.15, 0.2) is 6.10 Å².